The molecule has 2 N–H and O–H groups in total. The smallest absolute Gasteiger partial charge is 0.0428 e. The van der Waals surface area contributed by atoms with Crippen LogP contribution < -0.4 is 10.6 Å². The van der Waals surface area contributed by atoms with E-state index in [1.807, 2.05) is 0 Å². The lowest BCUT2D eigenvalue weighted by molar-refractivity contribution is 0.912. The fraction of sp³-hybridized carbons (Fsp3) is 0.250. The molecule has 0 saturated heterocycles. The summed E-state index contributed by atoms with van der Waals surface area (Å²) >= 11 is 3.57. The van der Waals surface area contributed by atoms with E-state index in [1.165, 1.54) is 16.8 Å². The number of rotatable bonds is 4. The molecule has 2 aromatic rings. The number of nitrogens with zero attached hydrogens (tertiary/aromatic N) is 1. The Labute approximate surface area is 123 Å². The highest BCUT2D eigenvalue weighted by Gasteiger charge is 2.06. The summed E-state index contributed by atoms with van der Waals surface area (Å²) in [6.45, 7) is 3.61. The molecule has 2 nitrogen and oxygen atoms in total. The van der Waals surface area contributed by atoms with Crippen LogP contribution in [0, 0.1) is 6.92 Å². The van der Waals surface area contributed by atoms with Gasteiger partial charge in [0.2, 0.25) is 0 Å². The third kappa shape index (κ3) is 3.37. The highest BCUT2D eigenvalue weighted by Crippen LogP contribution is 2.24. The predicted molar refractivity (Wildman–Crippen MR) is 85.3 cm³/mol. The summed E-state index contributed by atoms with van der Waals surface area (Å²) in [5, 5.41) is 0. The summed E-state index contributed by atoms with van der Waals surface area (Å²) in [5.74, 6) is 0. The lowest BCUT2D eigenvalue weighted by Gasteiger charge is -2.21. The van der Waals surface area contributed by atoms with Gasteiger partial charge in [0.05, 0.1) is 0 Å². The molecule has 0 bridgehead atoms. The van der Waals surface area contributed by atoms with E-state index in [4.69, 9.17) is 5.73 Å². The molecule has 2 rings (SSSR count). The number of halogens is 1. The number of anilines is 1. The topological polar surface area (TPSA) is 29.3 Å². The van der Waals surface area contributed by atoms with Crippen LogP contribution in [0.25, 0.3) is 0 Å². The Balaban J connectivity index is 2.18. The van der Waals surface area contributed by atoms with Crippen LogP contribution in [0.1, 0.15) is 16.7 Å². The Morgan fingerprint density at radius 1 is 1.11 bits per heavy atom. The summed E-state index contributed by atoms with van der Waals surface area (Å²) in [6, 6.07) is 14.8. The minimum atomic E-state index is 0.558. The molecule has 100 valence electrons. The van der Waals surface area contributed by atoms with Crippen molar-refractivity contribution in [1.29, 1.82) is 0 Å². The zero-order valence-electron chi connectivity index (χ0n) is 11.4. The minimum absolute atomic E-state index is 0.558. The van der Waals surface area contributed by atoms with Gasteiger partial charge in [-0.2, -0.15) is 0 Å². The van der Waals surface area contributed by atoms with Gasteiger partial charge in [0, 0.05) is 30.3 Å². The molecule has 19 heavy (non-hydrogen) atoms. The fourth-order valence-electron chi connectivity index (χ4n) is 2.07. The average Bonchev–Trinajstić information content (AvgIpc) is 2.41. The molecular formula is C16H19BrN2. The largest absolute Gasteiger partial charge is 0.370 e. The molecule has 0 radical (unpaired) electrons. The van der Waals surface area contributed by atoms with Crippen molar-refractivity contribution in [3.05, 3.63) is 63.6 Å². The summed E-state index contributed by atoms with van der Waals surface area (Å²) in [5.41, 5.74) is 10.7. The van der Waals surface area contributed by atoms with Crippen LogP contribution in [-0.4, -0.2) is 7.05 Å². The van der Waals surface area contributed by atoms with Crippen LogP contribution >= 0.6 is 15.9 Å². The van der Waals surface area contributed by atoms with E-state index in [0.717, 1.165) is 16.6 Å². The van der Waals surface area contributed by atoms with Crippen molar-refractivity contribution < 1.29 is 0 Å². The summed E-state index contributed by atoms with van der Waals surface area (Å²) in [7, 11) is 2.11. The van der Waals surface area contributed by atoms with Crippen molar-refractivity contribution in [2.24, 2.45) is 5.73 Å². The Morgan fingerprint density at radius 2 is 1.84 bits per heavy atom. The van der Waals surface area contributed by atoms with Gasteiger partial charge in [0.1, 0.15) is 0 Å². The van der Waals surface area contributed by atoms with Gasteiger partial charge in [0.15, 0.2) is 0 Å². The summed E-state index contributed by atoms with van der Waals surface area (Å²) < 4.78 is 1.07. The maximum atomic E-state index is 5.68. The van der Waals surface area contributed by atoms with Crippen molar-refractivity contribution in [1.82, 2.24) is 0 Å². The maximum absolute atomic E-state index is 5.68. The number of hydrogen-bond acceptors (Lipinski definition) is 2. The van der Waals surface area contributed by atoms with Crippen molar-refractivity contribution in [3.8, 4) is 0 Å². The minimum Gasteiger partial charge on any atom is -0.370 e. The summed E-state index contributed by atoms with van der Waals surface area (Å²) in [6.07, 6.45) is 0. The zero-order chi connectivity index (χ0) is 13.8. The van der Waals surface area contributed by atoms with Crippen LogP contribution in [0.15, 0.2) is 46.9 Å². The van der Waals surface area contributed by atoms with E-state index in [1.54, 1.807) is 0 Å². The lowest BCUT2D eigenvalue weighted by atomic mass is 10.1. The number of benzene rings is 2. The van der Waals surface area contributed by atoms with Gasteiger partial charge in [-0.25, -0.2) is 0 Å². The third-order valence-corrected chi connectivity index (χ3v) is 4.10. The van der Waals surface area contributed by atoms with E-state index in [-0.39, 0.29) is 0 Å². The Hall–Kier alpha value is -1.32. The van der Waals surface area contributed by atoms with E-state index in [2.05, 4.69) is 77.3 Å². The Morgan fingerprint density at radius 3 is 2.47 bits per heavy atom. The van der Waals surface area contributed by atoms with Crippen molar-refractivity contribution in [3.63, 3.8) is 0 Å². The number of nitrogens with two attached hydrogens (primary N) is 1. The van der Waals surface area contributed by atoms with Gasteiger partial charge in [-0.15, -0.1) is 0 Å². The molecule has 2 aromatic carbocycles. The Kier molecular flexibility index (Phi) is 4.61. The van der Waals surface area contributed by atoms with Gasteiger partial charge in [0.25, 0.3) is 0 Å². The number of aryl methyl sites for hydroxylation is 1. The molecule has 0 atom stereocenters. The molecule has 0 amide bonds. The second-order valence-electron chi connectivity index (χ2n) is 4.76. The molecule has 3 heteroatoms. The molecule has 0 aliphatic rings. The standard InChI is InChI=1S/C16H19BrN2/c1-12-5-3-4-6-14(12)11-19(2)15-8-7-13(10-18)16(17)9-15/h3-9H,10-11,18H2,1-2H3. The second-order valence-corrected chi connectivity index (χ2v) is 5.62. The van der Waals surface area contributed by atoms with E-state index in [9.17, 15) is 0 Å². The van der Waals surface area contributed by atoms with Gasteiger partial charge in [-0.1, -0.05) is 46.3 Å². The monoisotopic (exact) mass is 318 g/mol. The van der Waals surface area contributed by atoms with Crippen LogP contribution in [0.2, 0.25) is 0 Å². The predicted octanol–water partition coefficient (Wildman–Crippen LogP) is 3.85. The first-order valence-corrected chi connectivity index (χ1v) is 7.15. The first kappa shape index (κ1) is 14.1. The summed E-state index contributed by atoms with van der Waals surface area (Å²) in [4.78, 5) is 2.24. The molecule has 0 heterocycles. The van der Waals surface area contributed by atoms with Gasteiger partial charge >= 0.3 is 0 Å². The molecule has 0 saturated carbocycles. The van der Waals surface area contributed by atoms with E-state index >= 15 is 0 Å². The first-order valence-electron chi connectivity index (χ1n) is 6.36. The molecule has 0 aliphatic heterocycles. The van der Waals surface area contributed by atoms with Crippen LogP contribution in [0.4, 0.5) is 5.69 Å². The fourth-order valence-corrected chi connectivity index (χ4v) is 2.60. The third-order valence-electron chi connectivity index (χ3n) is 3.37. The second kappa shape index (κ2) is 6.22. The van der Waals surface area contributed by atoms with E-state index in [0.29, 0.717) is 6.54 Å². The Bertz CT molecular complexity index is 566. The van der Waals surface area contributed by atoms with Crippen LogP contribution in [0.5, 0.6) is 0 Å². The van der Waals surface area contributed by atoms with E-state index < -0.39 is 0 Å². The van der Waals surface area contributed by atoms with Crippen LogP contribution in [-0.2, 0) is 13.1 Å². The lowest BCUT2D eigenvalue weighted by Crippen LogP contribution is -2.17. The highest BCUT2D eigenvalue weighted by atomic mass is 79.9. The first-order chi connectivity index (χ1) is 9.11. The molecule has 0 fully saturated rings. The molecule has 0 aromatic heterocycles. The van der Waals surface area contributed by atoms with Gasteiger partial charge in [-0.3, -0.25) is 0 Å². The normalized spacial score (nSPS) is 10.5. The molecule has 0 aliphatic carbocycles. The zero-order valence-corrected chi connectivity index (χ0v) is 12.9. The maximum Gasteiger partial charge on any atom is 0.0428 e. The van der Waals surface area contributed by atoms with Crippen molar-refractivity contribution >= 4 is 21.6 Å². The molecule has 0 spiro atoms. The van der Waals surface area contributed by atoms with Crippen molar-refractivity contribution in [2.75, 3.05) is 11.9 Å². The van der Waals surface area contributed by atoms with Gasteiger partial charge < -0.3 is 10.6 Å². The van der Waals surface area contributed by atoms with Crippen LogP contribution in [0.3, 0.4) is 0 Å². The average molecular weight is 319 g/mol. The SMILES string of the molecule is Cc1ccccc1CN(C)c1ccc(CN)c(Br)c1. The molecule has 0 unspecified atom stereocenters. The highest BCUT2D eigenvalue weighted by molar-refractivity contribution is 9.10. The quantitative estimate of drug-likeness (QED) is 0.927. The number of hydrogen-bond donors (Lipinski definition) is 1. The van der Waals surface area contributed by atoms with Crippen molar-refractivity contribution in [2.45, 2.75) is 20.0 Å². The van der Waals surface area contributed by atoms with Gasteiger partial charge in [-0.05, 0) is 35.7 Å². The molecular weight excluding hydrogens is 300 g/mol.